The molecule has 4 rings (SSSR count). The molecule has 0 spiro atoms. The molecule has 0 saturated carbocycles. The van der Waals surface area contributed by atoms with E-state index in [1.165, 1.54) is 5.56 Å². The van der Waals surface area contributed by atoms with Gasteiger partial charge in [-0.05, 0) is 38.0 Å². The minimum atomic E-state index is 0.351. The maximum atomic E-state index is 6.00. The number of hydrogen-bond donors (Lipinski definition) is 1. The van der Waals surface area contributed by atoms with Crippen molar-refractivity contribution in [2.24, 2.45) is 0 Å². The van der Waals surface area contributed by atoms with E-state index in [4.69, 9.17) is 4.74 Å². The quantitative estimate of drug-likeness (QED) is 0.803. The number of fused-ring (bicyclic) bond motifs is 1. The molecule has 1 aromatic carbocycles. The number of aromatic amines is 1. The van der Waals surface area contributed by atoms with Gasteiger partial charge in [0.25, 0.3) is 0 Å². The molecule has 1 fully saturated rings. The molecule has 118 valence electrons. The average Bonchev–Trinajstić information content (AvgIpc) is 3.23. The molecule has 3 heterocycles. The Balaban J connectivity index is 1.52. The Kier molecular flexibility index (Phi) is 3.61. The second kappa shape index (κ2) is 5.91. The van der Waals surface area contributed by atoms with E-state index in [2.05, 4.69) is 38.9 Å². The molecule has 5 nitrogen and oxygen atoms in total. The number of hydrogen-bond acceptors (Lipinski definition) is 4. The van der Waals surface area contributed by atoms with Crippen molar-refractivity contribution in [1.82, 2.24) is 15.0 Å². The van der Waals surface area contributed by atoms with Gasteiger partial charge in [-0.15, -0.1) is 0 Å². The van der Waals surface area contributed by atoms with E-state index >= 15 is 0 Å². The van der Waals surface area contributed by atoms with Crippen LogP contribution in [-0.2, 0) is 0 Å². The van der Waals surface area contributed by atoms with E-state index in [0.717, 1.165) is 42.0 Å². The largest absolute Gasteiger partial charge is 0.491 e. The standard InChI is InChI=1S/C18H20N4O/c1-13-4-6-15(7-5-13)23-11-14-3-2-10-22(14)18-16-8-9-19-17(16)20-12-21-18/h4-9,12,14H,2-3,10-11H2,1H3,(H,19,20,21). The molecule has 1 N–H and O–H groups in total. The zero-order valence-electron chi connectivity index (χ0n) is 13.2. The van der Waals surface area contributed by atoms with Crippen molar-refractivity contribution in [3.8, 4) is 5.75 Å². The summed E-state index contributed by atoms with van der Waals surface area (Å²) in [5.74, 6) is 1.93. The SMILES string of the molecule is Cc1ccc(OCC2CCCN2c2ncnc3[nH]ccc23)cc1. The summed E-state index contributed by atoms with van der Waals surface area (Å²) in [7, 11) is 0. The summed E-state index contributed by atoms with van der Waals surface area (Å²) in [6.45, 7) is 3.78. The van der Waals surface area contributed by atoms with Crippen molar-refractivity contribution in [1.29, 1.82) is 0 Å². The molecule has 0 radical (unpaired) electrons. The molecule has 23 heavy (non-hydrogen) atoms. The number of rotatable bonds is 4. The molecule has 0 aliphatic carbocycles. The van der Waals surface area contributed by atoms with Crippen LogP contribution in [0.25, 0.3) is 11.0 Å². The molecular formula is C18H20N4O. The molecule has 5 heteroatoms. The lowest BCUT2D eigenvalue weighted by Gasteiger charge is -2.26. The highest BCUT2D eigenvalue weighted by molar-refractivity contribution is 5.87. The topological polar surface area (TPSA) is 54.0 Å². The maximum Gasteiger partial charge on any atom is 0.142 e. The van der Waals surface area contributed by atoms with Crippen molar-refractivity contribution >= 4 is 16.9 Å². The Morgan fingerprint density at radius 3 is 2.96 bits per heavy atom. The molecule has 0 bridgehead atoms. The predicted molar refractivity (Wildman–Crippen MR) is 90.9 cm³/mol. The second-order valence-corrected chi connectivity index (χ2v) is 6.05. The van der Waals surface area contributed by atoms with Crippen LogP contribution < -0.4 is 9.64 Å². The number of benzene rings is 1. The van der Waals surface area contributed by atoms with Gasteiger partial charge in [0.1, 0.15) is 30.1 Å². The fraction of sp³-hybridized carbons (Fsp3) is 0.333. The normalized spacial score (nSPS) is 17.8. The summed E-state index contributed by atoms with van der Waals surface area (Å²) in [5.41, 5.74) is 2.13. The first-order valence-corrected chi connectivity index (χ1v) is 8.05. The number of anilines is 1. The van der Waals surface area contributed by atoms with Gasteiger partial charge in [0, 0.05) is 12.7 Å². The maximum absolute atomic E-state index is 6.00. The summed E-state index contributed by atoms with van der Waals surface area (Å²) in [6, 6.07) is 10.6. The van der Waals surface area contributed by atoms with Crippen LogP contribution in [0.2, 0.25) is 0 Å². The van der Waals surface area contributed by atoms with Gasteiger partial charge < -0.3 is 14.6 Å². The van der Waals surface area contributed by atoms with Crippen LogP contribution in [0, 0.1) is 6.92 Å². The summed E-state index contributed by atoms with van der Waals surface area (Å²) < 4.78 is 6.00. The molecule has 1 atom stereocenters. The number of aryl methyl sites for hydroxylation is 1. The third-order valence-corrected chi connectivity index (χ3v) is 4.45. The smallest absolute Gasteiger partial charge is 0.142 e. The lowest BCUT2D eigenvalue weighted by atomic mass is 10.2. The van der Waals surface area contributed by atoms with Crippen LogP contribution in [0.4, 0.5) is 5.82 Å². The van der Waals surface area contributed by atoms with E-state index in [-0.39, 0.29) is 0 Å². The van der Waals surface area contributed by atoms with Crippen LogP contribution in [0.15, 0.2) is 42.9 Å². The van der Waals surface area contributed by atoms with Gasteiger partial charge in [0.2, 0.25) is 0 Å². The third kappa shape index (κ3) is 2.74. The monoisotopic (exact) mass is 308 g/mol. The summed E-state index contributed by atoms with van der Waals surface area (Å²) >= 11 is 0. The highest BCUT2D eigenvalue weighted by atomic mass is 16.5. The highest BCUT2D eigenvalue weighted by Crippen LogP contribution is 2.29. The minimum absolute atomic E-state index is 0.351. The van der Waals surface area contributed by atoms with E-state index in [1.807, 2.05) is 24.4 Å². The molecule has 1 aliphatic rings. The number of ether oxygens (including phenoxy) is 1. The van der Waals surface area contributed by atoms with Gasteiger partial charge in [-0.2, -0.15) is 0 Å². The van der Waals surface area contributed by atoms with E-state index in [0.29, 0.717) is 12.6 Å². The number of H-pyrrole nitrogens is 1. The van der Waals surface area contributed by atoms with E-state index in [9.17, 15) is 0 Å². The van der Waals surface area contributed by atoms with Gasteiger partial charge >= 0.3 is 0 Å². The van der Waals surface area contributed by atoms with E-state index in [1.54, 1.807) is 6.33 Å². The Morgan fingerprint density at radius 2 is 2.09 bits per heavy atom. The molecule has 1 saturated heterocycles. The first-order chi connectivity index (χ1) is 11.3. The zero-order chi connectivity index (χ0) is 15.6. The van der Waals surface area contributed by atoms with E-state index < -0.39 is 0 Å². The Labute approximate surface area is 135 Å². The van der Waals surface area contributed by atoms with Crippen LogP contribution in [0.5, 0.6) is 5.75 Å². The Morgan fingerprint density at radius 1 is 1.22 bits per heavy atom. The minimum Gasteiger partial charge on any atom is -0.491 e. The Bertz CT molecular complexity index is 796. The fourth-order valence-corrected chi connectivity index (χ4v) is 3.20. The zero-order valence-corrected chi connectivity index (χ0v) is 13.2. The molecule has 1 aliphatic heterocycles. The van der Waals surface area contributed by atoms with Crippen LogP contribution in [-0.4, -0.2) is 34.1 Å². The van der Waals surface area contributed by atoms with Gasteiger partial charge in [-0.3, -0.25) is 0 Å². The van der Waals surface area contributed by atoms with Gasteiger partial charge in [-0.1, -0.05) is 17.7 Å². The fourth-order valence-electron chi connectivity index (χ4n) is 3.20. The van der Waals surface area contributed by atoms with Crippen molar-refractivity contribution in [2.75, 3.05) is 18.1 Å². The lowest BCUT2D eigenvalue weighted by molar-refractivity contribution is 0.288. The van der Waals surface area contributed by atoms with Crippen molar-refractivity contribution in [3.63, 3.8) is 0 Å². The number of nitrogens with one attached hydrogen (secondary N) is 1. The van der Waals surface area contributed by atoms with Crippen LogP contribution >= 0.6 is 0 Å². The van der Waals surface area contributed by atoms with Gasteiger partial charge in [0.15, 0.2) is 0 Å². The Hall–Kier alpha value is -2.56. The van der Waals surface area contributed by atoms with Gasteiger partial charge in [0.05, 0.1) is 11.4 Å². The highest BCUT2D eigenvalue weighted by Gasteiger charge is 2.27. The number of aromatic nitrogens is 3. The van der Waals surface area contributed by atoms with Gasteiger partial charge in [-0.25, -0.2) is 9.97 Å². The summed E-state index contributed by atoms with van der Waals surface area (Å²) in [6.07, 6.45) is 5.83. The van der Waals surface area contributed by atoms with Crippen molar-refractivity contribution < 1.29 is 4.74 Å². The summed E-state index contributed by atoms with van der Waals surface area (Å²) in [4.78, 5) is 14.3. The van der Waals surface area contributed by atoms with Crippen LogP contribution in [0.3, 0.4) is 0 Å². The average molecular weight is 308 g/mol. The summed E-state index contributed by atoms with van der Waals surface area (Å²) in [5, 5.41) is 1.08. The van der Waals surface area contributed by atoms with Crippen molar-refractivity contribution in [2.45, 2.75) is 25.8 Å². The third-order valence-electron chi connectivity index (χ3n) is 4.45. The lowest BCUT2D eigenvalue weighted by Crippen LogP contribution is -2.34. The predicted octanol–water partition coefficient (Wildman–Crippen LogP) is 3.31. The van der Waals surface area contributed by atoms with Crippen molar-refractivity contribution in [3.05, 3.63) is 48.4 Å². The molecule has 0 amide bonds. The molecule has 1 unspecified atom stereocenters. The molecule has 3 aromatic rings. The molecular weight excluding hydrogens is 288 g/mol. The van der Waals surface area contributed by atoms with Crippen LogP contribution in [0.1, 0.15) is 18.4 Å². The molecule has 2 aromatic heterocycles. The second-order valence-electron chi connectivity index (χ2n) is 6.05. The first kappa shape index (κ1) is 14.1. The first-order valence-electron chi connectivity index (χ1n) is 8.05. The number of nitrogens with zero attached hydrogens (tertiary/aromatic N) is 3.